The molecular weight excluding hydrogens is 422 g/mol. The normalized spacial score (nSPS) is 20.6. The largest absolute Gasteiger partial charge is 0.507 e. The first-order valence-corrected chi connectivity index (χ1v) is 10.2. The number of anilines is 2. The number of carbonyl (C=O) groups is 2. The van der Waals surface area contributed by atoms with E-state index in [2.05, 4.69) is 10.5 Å². The fraction of sp³-hybridized carbons (Fsp3) is 0.0800. The van der Waals surface area contributed by atoms with Crippen LogP contribution in [0.1, 0.15) is 17.5 Å². The van der Waals surface area contributed by atoms with Gasteiger partial charge in [-0.05, 0) is 23.8 Å². The third kappa shape index (κ3) is 3.38. The van der Waals surface area contributed by atoms with Crippen molar-refractivity contribution in [2.24, 2.45) is 5.10 Å². The Bertz CT molecular complexity index is 1340. The Hall–Kier alpha value is -4.59. The molecule has 0 fully saturated rings. The lowest BCUT2D eigenvalue weighted by molar-refractivity contribution is -0.142. The lowest BCUT2D eigenvalue weighted by Crippen LogP contribution is -2.49. The molecule has 1 unspecified atom stereocenters. The first-order chi connectivity index (χ1) is 16.0. The number of nitrogens with one attached hydrogen (secondary N) is 1. The lowest BCUT2D eigenvalue weighted by atomic mass is 9.84. The molecule has 164 valence electrons. The molecule has 0 saturated carbocycles. The SMILES string of the molecule is O=C1C(=NNC2(C(=O)O)C=CC=C(c3ccccc3O)C2)c2ccccc2N1c1ccoc1. The van der Waals surface area contributed by atoms with E-state index < -0.39 is 17.4 Å². The summed E-state index contributed by atoms with van der Waals surface area (Å²) < 4.78 is 5.13. The second-order valence-electron chi connectivity index (χ2n) is 7.73. The highest BCUT2D eigenvalue weighted by molar-refractivity contribution is 6.55. The van der Waals surface area contributed by atoms with Crippen LogP contribution in [-0.2, 0) is 9.59 Å². The van der Waals surface area contributed by atoms with E-state index in [1.165, 1.54) is 23.5 Å². The Morgan fingerprint density at radius 3 is 2.58 bits per heavy atom. The van der Waals surface area contributed by atoms with Crippen molar-refractivity contribution < 1.29 is 24.2 Å². The summed E-state index contributed by atoms with van der Waals surface area (Å²) in [7, 11) is 0. The maximum atomic E-state index is 13.2. The van der Waals surface area contributed by atoms with Gasteiger partial charge in [-0.3, -0.25) is 15.1 Å². The second-order valence-corrected chi connectivity index (χ2v) is 7.73. The van der Waals surface area contributed by atoms with Crippen LogP contribution in [0, 0.1) is 0 Å². The molecule has 0 saturated heterocycles. The van der Waals surface area contributed by atoms with Gasteiger partial charge in [0.05, 0.1) is 17.6 Å². The molecule has 0 bridgehead atoms. The van der Waals surface area contributed by atoms with Crippen LogP contribution >= 0.6 is 0 Å². The van der Waals surface area contributed by atoms with Crippen molar-refractivity contribution in [3.05, 3.63) is 96.5 Å². The Kier molecular flexibility index (Phi) is 4.82. The van der Waals surface area contributed by atoms with Crippen LogP contribution in [0.15, 0.2) is 94.9 Å². The van der Waals surface area contributed by atoms with Crippen LogP contribution in [-0.4, -0.2) is 33.3 Å². The van der Waals surface area contributed by atoms with Crippen LogP contribution in [0.2, 0.25) is 0 Å². The molecule has 1 aromatic heterocycles. The third-order valence-corrected chi connectivity index (χ3v) is 5.72. The summed E-state index contributed by atoms with van der Waals surface area (Å²) in [4.78, 5) is 27.1. The number of fused-ring (bicyclic) bond motifs is 1. The Balaban J connectivity index is 1.50. The molecule has 2 heterocycles. The number of aliphatic carboxylic acids is 1. The summed E-state index contributed by atoms with van der Waals surface area (Å²) in [6, 6.07) is 15.5. The van der Waals surface area contributed by atoms with Gasteiger partial charge >= 0.3 is 5.97 Å². The molecule has 8 nitrogen and oxygen atoms in total. The van der Waals surface area contributed by atoms with Crippen LogP contribution in [0.3, 0.4) is 0 Å². The number of furan rings is 1. The number of carboxylic acids is 1. The van der Waals surface area contributed by atoms with Crippen molar-refractivity contribution in [3.8, 4) is 5.75 Å². The predicted octanol–water partition coefficient (Wildman–Crippen LogP) is 3.82. The zero-order valence-corrected chi connectivity index (χ0v) is 17.3. The van der Waals surface area contributed by atoms with Crippen molar-refractivity contribution in [2.75, 3.05) is 4.90 Å². The van der Waals surface area contributed by atoms with Gasteiger partial charge in [-0.2, -0.15) is 5.10 Å². The van der Waals surface area contributed by atoms with Gasteiger partial charge in [0.2, 0.25) is 0 Å². The van der Waals surface area contributed by atoms with Gasteiger partial charge in [0, 0.05) is 23.6 Å². The van der Waals surface area contributed by atoms with E-state index in [4.69, 9.17) is 4.42 Å². The van der Waals surface area contributed by atoms with Crippen molar-refractivity contribution in [3.63, 3.8) is 0 Å². The quantitative estimate of drug-likeness (QED) is 0.519. The molecule has 2 aliphatic rings. The molecule has 0 spiro atoms. The molecule has 33 heavy (non-hydrogen) atoms. The molecule has 3 N–H and O–H groups in total. The minimum atomic E-state index is -1.60. The number of nitrogens with zero attached hydrogens (tertiary/aromatic N) is 2. The monoisotopic (exact) mass is 441 g/mol. The number of allylic oxidation sites excluding steroid dienone is 2. The van der Waals surface area contributed by atoms with Crippen molar-refractivity contribution in [1.29, 1.82) is 0 Å². The number of benzene rings is 2. The first kappa shape index (κ1) is 20.3. The number of aromatic hydroxyl groups is 1. The fourth-order valence-electron chi connectivity index (χ4n) is 4.05. The molecule has 1 atom stereocenters. The molecule has 0 radical (unpaired) electrons. The molecule has 2 aromatic carbocycles. The number of rotatable bonds is 5. The highest BCUT2D eigenvalue weighted by Crippen LogP contribution is 2.37. The predicted molar refractivity (Wildman–Crippen MR) is 122 cm³/mol. The van der Waals surface area contributed by atoms with Crippen molar-refractivity contribution in [2.45, 2.75) is 12.0 Å². The van der Waals surface area contributed by atoms with Gasteiger partial charge in [-0.1, -0.05) is 48.6 Å². The number of phenols is 1. The molecule has 1 aliphatic heterocycles. The molecule has 1 amide bonds. The maximum absolute atomic E-state index is 13.2. The summed E-state index contributed by atoms with van der Waals surface area (Å²) in [5.74, 6) is -1.50. The van der Waals surface area contributed by atoms with E-state index in [1.807, 2.05) is 6.07 Å². The Labute approximate surface area is 188 Å². The van der Waals surface area contributed by atoms with E-state index >= 15 is 0 Å². The summed E-state index contributed by atoms with van der Waals surface area (Å²) in [6.45, 7) is 0. The number of para-hydroxylation sites is 2. The number of hydrazone groups is 1. The molecule has 8 heteroatoms. The van der Waals surface area contributed by atoms with Crippen LogP contribution in [0.5, 0.6) is 5.75 Å². The minimum absolute atomic E-state index is 0.0223. The summed E-state index contributed by atoms with van der Waals surface area (Å²) in [5.41, 5.74) is 4.16. The van der Waals surface area contributed by atoms with E-state index in [1.54, 1.807) is 60.7 Å². The number of amides is 1. The van der Waals surface area contributed by atoms with Gasteiger partial charge in [-0.15, -0.1) is 0 Å². The zero-order valence-electron chi connectivity index (χ0n) is 17.3. The van der Waals surface area contributed by atoms with Crippen LogP contribution < -0.4 is 10.3 Å². The number of carbonyl (C=O) groups excluding carboxylic acids is 1. The summed E-state index contributed by atoms with van der Waals surface area (Å²) in [5, 5.41) is 24.6. The van der Waals surface area contributed by atoms with E-state index in [0.717, 1.165) is 0 Å². The molecule has 3 aromatic rings. The average Bonchev–Trinajstić information content (AvgIpc) is 3.44. The van der Waals surface area contributed by atoms with Crippen LogP contribution in [0.25, 0.3) is 5.57 Å². The third-order valence-electron chi connectivity index (χ3n) is 5.72. The summed E-state index contributed by atoms with van der Waals surface area (Å²) in [6.07, 6.45) is 7.79. The van der Waals surface area contributed by atoms with Gasteiger partial charge in [0.25, 0.3) is 5.91 Å². The van der Waals surface area contributed by atoms with E-state index in [0.29, 0.717) is 28.1 Å². The summed E-state index contributed by atoms with van der Waals surface area (Å²) >= 11 is 0. The van der Waals surface area contributed by atoms with Gasteiger partial charge < -0.3 is 14.6 Å². The second kappa shape index (κ2) is 7.83. The van der Waals surface area contributed by atoms with Crippen molar-refractivity contribution >= 4 is 34.5 Å². The molecule has 1 aliphatic carbocycles. The number of hydrogen-bond donors (Lipinski definition) is 3. The molecular formula is C25H19N3O5. The van der Waals surface area contributed by atoms with Gasteiger partial charge in [0.1, 0.15) is 12.0 Å². The Morgan fingerprint density at radius 1 is 1.09 bits per heavy atom. The molecule has 5 rings (SSSR count). The standard InChI is InChI=1S/C25H19N3O5/c29-21-10-4-2-7-18(21)16-6-5-12-25(14-16,24(31)32)27-26-22-19-8-1-3-9-20(19)28(23(22)30)17-11-13-33-15-17/h1-13,15,27,29H,14H2,(H,31,32). The lowest BCUT2D eigenvalue weighted by Gasteiger charge is -2.29. The highest BCUT2D eigenvalue weighted by atomic mass is 16.4. The van der Waals surface area contributed by atoms with E-state index in [-0.39, 0.29) is 17.9 Å². The maximum Gasteiger partial charge on any atom is 0.335 e. The minimum Gasteiger partial charge on any atom is -0.507 e. The number of hydrogen-bond acceptors (Lipinski definition) is 6. The average molecular weight is 441 g/mol. The van der Waals surface area contributed by atoms with Crippen molar-refractivity contribution in [1.82, 2.24) is 5.43 Å². The number of carboxylic acid groups (broad SMARTS) is 1. The zero-order chi connectivity index (χ0) is 23.0. The first-order valence-electron chi connectivity index (χ1n) is 10.2. The smallest absolute Gasteiger partial charge is 0.335 e. The highest BCUT2D eigenvalue weighted by Gasteiger charge is 2.41. The van der Waals surface area contributed by atoms with Crippen LogP contribution in [0.4, 0.5) is 11.4 Å². The van der Waals surface area contributed by atoms with E-state index in [9.17, 15) is 19.8 Å². The number of phenolic OH excluding ortho intramolecular Hbond substituents is 1. The topological polar surface area (TPSA) is 115 Å². The van der Waals surface area contributed by atoms with Gasteiger partial charge in [0.15, 0.2) is 11.3 Å². The fourth-order valence-corrected chi connectivity index (χ4v) is 4.05. The Morgan fingerprint density at radius 2 is 1.85 bits per heavy atom. The van der Waals surface area contributed by atoms with Gasteiger partial charge in [-0.25, -0.2) is 4.79 Å².